The van der Waals surface area contributed by atoms with Crippen LogP contribution in [0.25, 0.3) is 0 Å². The lowest BCUT2D eigenvalue weighted by molar-refractivity contribution is 0.401. The van der Waals surface area contributed by atoms with Gasteiger partial charge in [-0.15, -0.1) is 0 Å². The maximum Gasteiger partial charge on any atom is 0.245 e. The fourth-order valence-electron chi connectivity index (χ4n) is 1.51. The molecule has 9 heteroatoms. The standard InChI is InChI=1S/C12H16N2O5S2/c1-12(2,8-13)14-21(17,18)11-7-9(20(4,15)16)5-6-10(11)19-3/h5-7,14H,1-4H3. The first-order chi connectivity index (χ1) is 9.43. The summed E-state index contributed by atoms with van der Waals surface area (Å²) in [6, 6.07) is 5.31. The van der Waals surface area contributed by atoms with Crippen LogP contribution in [0.3, 0.4) is 0 Å². The van der Waals surface area contributed by atoms with Gasteiger partial charge in [0.1, 0.15) is 16.2 Å². The van der Waals surface area contributed by atoms with Gasteiger partial charge in [-0.1, -0.05) is 0 Å². The first-order valence-corrected chi connectivity index (χ1v) is 9.14. The Bertz CT molecular complexity index is 789. The van der Waals surface area contributed by atoms with E-state index in [1.54, 1.807) is 6.07 Å². The van der Waals surface area contributed by atoms with Crippen LogP contribution >= 0.6 is 0 Å². The highest BCUT2D eigenvalue weighted by Gasteiger charge is 2.29. The Balaban J connectivity index is 3.51. The van der Waals surface area contributed by atoms with Crippen molar-refractivity contribution < 1.29 is 21.6 Å². The van der Waals surface area contributed by atoms with Gasteiger partial charge in [-0.25, -0.2) is 16.8 Å². The zero-order chi connectivity index (χ0) is 16.5. The van der Waals surface area contributed by atoms with Crippen LogP contribution in [0, 0.1) is 11.3 Å². The van der Waals surface area contributed by atoms with Crippen LogP contribution in [0.15, 0.2) is 28.0 Å². The molecule has 0 bridgehead atoms. The zero-order valence-electron chi connectivity index (χ0n) is 12.0. The first-order valence-electron chi connectivity index (χ1n) is 5.76. The van der Waals surface area contributed by atoms with E-state index in [-0.39, 0.29) is 15.5 Å². The number of nitrogens with one attached hydrogen (secondary N) is 1. The molecule has 1 N–H and O–H groups in total. The lowest BCUT2D eigenvalue weighted by atomic mass is 10.1. The number of nitriles is 1. The molecule has 0 aliphatic carbocycles. The second-order valence-electron chi connectivity index (χ2n) is 4.93. The van der Waals surface area contributed by atoms with E-state index in [0.29, 0.717) is 0 Å². The van der Waals surface area contributed by atoms with E-state index in [2.05, 4.69) is 4.72 Å². The Hall–Kier alpha value is -1.63. The van der Waals surface area contributed by atoms with Crippen molar-refractivity contribution in [1.29, 1.82) is 5.26 Å². The minimum absolute atomic E-state index is 0.0105. The monoisotopic (exact) mass is 332 g/mol. The molecule has 0 fully saturated rings. The molecule has 0 amide bonds. The van der Waals surface area contributed by atoms with Gasteiger partial charge >= 0.3 is 0 Å². The van der Waals surface area contributed by atoms with Gasteiger partial charge in [0.25, 0.3) is 0 Å². The molecule has 0 saturated carbocycles. The zero-order valence-corrected chi connectivity index (χ0v) is 13.7. The SMILES string of the molecule is COc1ccc(S(C)(=O)=O)cc1S(=O)(=O)NC(C)(C)C#N. The number of methoxy groups -OCH3 is 1. The Morgan fingerprint density at radius 2 is 1.81 bits per heavy atom. The molecule has 0 aliphatic rings. The van der Waals surface area contributed by atoms with E-state index >= 15 is 0 Å². The van der Waals surface area contributed by atoms with Crippen LogP contribution in [-0.2, 0) is 19.9 Å². The third kappa shape index (κ3) is 4.17. The molecule has 1 rings (SSSR count). The topological polar surface area (TPSA) is 113 Å². The second-order valence-corrected chi connectivity index (χ2v) is 8.59. The number of benzene rings is 1. The fraction of sp³-hybridized carbons (Fsp3) is 0.417. The Kier molecular flexibility index (Phi) is 4.67. The summed E-state index contributed by atoms with van der Waals surface area (Å²) in [7, 11) is -6.42. The van der Waals surface area contributed by atoms with Crippen LogP contribution in [0.2, 0.25) is 0 Å². The van der Waals surface area contributed by atoms with Crippen molar-refractivity contribution in [3.05, 3.63) is 18.2 Å². The van der Waals surface area contributed by atoms with Crippen LogP contribution in [0.5, 0.6) is 5.75 Å². The van der Waals surface area contributed by atoms with Crippen molar-refractivity contribution in [3.8, 4) is 11.8 Å². The van der Waals surface area contributed by atoms with Crippen molar-refractivity contribution in [1.82, 2.24) is 4.72 Å². The lowest BCUT2D eigenvalue weighted by Crippen LogP contribution is -2.42. The van der Waals surface area contributed by atoms with E-state index in [1.165, 1.54) is 33.1 Å². The van der Waals surface area contributed by atoms with Crippen molar-refractivity contribution in [2.75, 3.05) is 13.4 Å². The second kappa shape index (κ2) is 5.63. The summed E-state index contributed by atoms with van der Waals surface area (Å²) >= 11 is 0. The van der Waals surface area contributed by atoms with Crippen molar-refractivity contribution >= 4 is 19.9 Å². The molecule has 0 aromatic heterocycles. The van der Waals surface area contributed by atoms with Gasteiger partial charge in [0.15, 0.2) is 9.84 Å². The Labute approximate surface area is 124 Å². The first kappa shape index (κ1) is 17.4. The van der Waals surface area contributed by atoms with Gasteiger partial charge in [-0.2, -0.15) is 9.98 Å². The van der Waals surface area contributed by atoms with E-state index in [0.717, 1.165) is 12.3 Å². The van der Waals surface area contributed by atoms with Crippen LogP contribution in [-0.4, -0.2) is 35.7 Å². The molecule has 0 radical (unpaired) electrons. The third-order valence-corrected chi connectivity index (χ3v) is 5.31. The maximum absolute atomic E-state index is 12.3. The molecular weight excluding hydrogens is 316 g/mol. The van der Waals surface area contributed by atoms with Crippen LogP contribution in [0.4, 0.5) is 0 Å². The summed E-state index contributed by atoms with van der Waals surface area (Å²) in [6.45, 7) is 2.77. The smallest absolute Gasteiger partial charge is 0.245 e. The van der Waals surface area contributed by atoms with Crippen molar-refractivity contribution in [2.45, 2.75) is 29.2 Å². The highest BCUT2D eigenvalue weighted by Crippen LogP contribution is 2.27. The fourth-order valence-corrected chi connectivity index (χ4v) is 3.76. The van der Waals surface area contributed by atoms with Crippen molar-refractivity contribution in [3.63, 3.8) is 0 Å². The molecule has 7 nitrogen and oxygen atoms in total. The predicted molar refractivity (Wildman–Crippen MR) is 76.1 cm³/mol. The minimum Gasteiger partial charge on any atom is -0.495 e. The maximum atomic E-state index is 12.3. The minimum atomic E-state index is -4.12. The van der Waals surface area contributed by atoms with E-state index in [9.17, 15) is 16.8 Å². The van der Waals surface area contributed by atoms with E-state index in [1.807, 2.05) is 0 Å². The summed E-state index contributed by atoms with van der Waals surface area (Å²) in [4.78, 5) is -0.491. The molecule has 0 aliphatic heterocycles. The number of hydrogen-bond acceptors (Lipinski definition) is 6. The van der Waals surface area contributed by atoms with Gasteiger partial charge in [0.2, 0.25) is 10.0 Å². The van der Waals surface area contributed by atoms with E-state index < -0.39 is 25.4 Å². The molecule has 0 saturated heterocycles. The third-order valence-electron chi connectivity index (χ3n) is 2.52. The normalized spacial score (nSPS) is 12.7. The molecule has 116 valence electrons. The number of ether oxygens (including phenoxy) is 1. The van der Waals surface area contributed by atoms with Gasteiger partial charge < -0.3 is 4.74 Å². The molecule has 1 aromatic carbocycles. The number of sulfonamides is 1. The van der Waals surface area contributed by atoms with Crippen LogP contribution in [0.1, 0.15) is 13.8 Å². The number of sulfone groups is 1. The Morgan fingerprint density at radius 1 is 1.24 bits per heavy atom. The molecule has 0 spiro atoms. The molecule has 21 heavy (non-hydrogen) atoms. The van der Waals surface area contributed by atoms with Crippen molar-refractivity contribution in [2.24, 2.45) is 0 Å². The number of hydrogen-bond donors (Lipinski definition) is 1. The number of rotatable bonds is 5. The van der Waals surface area contributed by atoms with E-state index in [4.69, 9.17) is 10.00 Å². The molecular formula is C12H16N2O5S2. The molecule has 1 aromatic rings. The van der Waals surface area contributed by atoms with Gasteiger partial charge in [0.05, 0.1) is 18.1 Å². The van der Waals surface area contributed by atoms with Gasteiger partial charge in [-0.05, 0) is 32.0 Å². The summed E-state index contributed by atoms with van der Waals surface area (Å²) in [5.74, 6) is -0.0105. The quantitative estimate of drug-likeness (QED) is 0.848. The molecule has 0 unspecified atom stereocenters. The molecule has 0 atom stereocenters. The summed E-state index contributed by atoms with van der Waals surface area (Å²) < 4.78 is 54.9. The highest BCUT2D eigenvalue weighted by molar-refractivity contribution is 7.91. The number of nitrogens with zero attached hydrogens (tertiary/aromatic N) is 1. The Morgan fingerprint density at radius 3 is 2.24 bits per heavy atom. The summed E-state index contributed by atoms with van der Waals surface area (Å²) in [6.07, 6.45) is 0.970. The van der Waals surface area contributed by atoms with Gasteiger partial charge in [-0.3, -0.25) is 0 Å². The average Bonchev–Trinajstić information content (AvgIpc) is 2.35. The average molecular weight is 332 g/mol. The molecule has 0 heterocycles. The largest absolute Gasteiger partial charge is 0.495 e. The van der Waals surface area contributed by atoms with Gasteiger partial charge in [0, 0.05) is 6.26 Å². The summed E-state index contributed by atoms with van der Waals surface area (Å²) in [5.41, 5.74) is -1.34. The highest BCUT2D eigenvalue weighted by atomic mass is 32.2. The summed E-state index contributed by atoms with van der Waals surface area (Å²) in [5, 5.41) is 8.91. The van der Waals surface area contributed by atoms with Crippen LogP contribution < -0.4 is 9.46 Å². The lowest BCUT2D eigenvalue weighted by Gasteiger charge is -2.19. The predicted octanol–water partition coefficient (Wildman–Crippen LogP) is 0.679.